The van der Waals surface area contributed by atoms with Gasteiger partial charge in [-0.25, -0.2) is 4.39 Å². The van der Waals surface area contributed by atoms with Crippen molar-refractivity contribution in [3.8, 4) is 22.8 Å². The molecule has 8 nitrogen and oxygen atoms in total. The highest BCUT2D eigenvalue weighted by Crippen LogP contribution is 2.37. The quantitative estimate of drug-likeness (QED) is 0.386. The van der Waals surface area contributed by atoms with Crippen molar-refractivity contribution in [2.75, 3.05) is 27.8 Å². The first-order valence-corrected chi connectivity index (χ1v) is 11.4. The molecule has 9 heteroatoms. The monoisotopic (exact) mass is 480 g/mol. The topological polar surface area (TPSA) is 99.7 Å². The SMILES string of the molecule is CNCCCc1[nH]nc(-c2ccc(F)cc2)c1C1=CC(=O)N(Cc2ccc(OC)cc2OC)C1O. The van der Waals surface area contributed by atoms with Gasteiger partial charge in [0.2, 0.25) is 5.91 Å². The zero-order valence-corrected chi connectivity index (χ0v) is 20.0. The summed E-state index contributed by atoms with van der Waals surface area (Å²) in [5, 5.41) is 21.9. The lowest BCUT2D eigenvalue weighted by Gasteiger charge is -2.24. The zero-order chi connectivity index (χ0) is 24.9. The Bertz CT molecular complexity index is 1220. The molecule has 1 atom stereocenters. The second-order valence-corrected chi connectivity index (χ2v) is 8.26. The van der Waals surface area contributed by atoms with Crippen molar-refractivity contribution in [2.45, 2.75) is 25.6 Å². The van der Waals surface area contributed by atoms with Gasteiger partial charge in [-0.2, -0.15) is 5.10 Å². The molecular formula is C26H29FN4O4. The molecular weight excluding hydrogens is 451 g/mol. The van der Waals surface area contributed by atoms with Gasteiger partial charge >= 0.3 is 0 Å². The number of carbonyl (C=O) groups is 1. The van der Waals surface area contributed by atoms with Crippen LogP contribution in [0.3, 0.4) is 0 Å². The van der Waals surface area contributed by atoms with Crippen molar-refractivity contribution in [3.63, 3.8) is 0 Å². The number of nitrogens with zero attached hydrogens (tertiary/aromatic N) is 2. The summed E-state index contributed by atoms with van der Waals surface area (Å²) < 4.78 is 24.2. The third-order valence-electron chi connectivity index (χ3n) is 6.07. The molecule has 3 aromatic rings. The third kappa shape index (κ3) is 5.06. The van der Waals surface area contributed by atoms with Crippen LogP contribution in [0.1, 0.15) is 23.2 Å². The Labute approximate surface area is 203 Å². The van der Waals surface area contributed by atoms with E-state index in [1.54, 1.807) is 44.6 Å². The van der Waals surface area contributed by atoms with Gasteiger partial charge in [-0.05, 0) is 62.8 Å². The smallest absolute Gasteiger partial charge is 0.249 e. The summed E-state index contributed by atoms with van der Waals surface area (Å²) in [6.45, 7) is 0.945. The fourth-order valence-electron chi connectivity index (χ4n) is 4.24. The van der Waals surface area contributed by atoms with E-state index in [0.29, 0.717) is 40.3 Å². The van der Waals surface area contributed by atoms with Gasteiger partial charge in [0.25, 0.3) is 0 Å². The third-order valence-corrected chi connectivity index (χ3v) is 6.07. The number of aromatic nitrogens is 2. The maximum absolute atomic E-state index is 13.5. The lowest BCUT2D eigenvalue weighted by Crippen LogP contribution is -2.34. The molecule has 1 aliphatic rings. The van der Waals surface area contributed by atoms with Gasteiger partial charge in [0, 0.05) is 40.1 Å². The van der Waals surface area contributed by atoms with Crippen LogP contribution in [0, 0.1) is 5.82 Å². The van der Waals surface area contributed by atoms with E-state index in [4.69, 9.17) is 9.47 Å². The minimum Gasteiger partial charge on any atom is -0.497 e. The molecule has 1 aliphatic heterocycles. The van der Waals surface area contributed by atoms with Gasteiger partial charge in [0.15, 0.2) is 6.23 Å². The Kier molecular flexibility index (Phi) is 7.48. The average molecular weight is 481 g/mol. The number of aromatic amines is 1. The second kappa shape index (κ2) is 10.7. The fraction of sp³-hybridized carbons (Fsp3) is 0.308. The fourth-order valence-corrected chi connectivity index (χ4v) is 4.24. The van der Waals surface area contributed by atoms with Crippen LogP contribution in [0.25, 0.3) is 16.8 Å². The molecule has 1 unspecified atom stereocenters. The van der Waals surface area contributed by atoms with Crippen LogP contribution < -0.4 is 14.8 Å². The number of methoxy groups -OCH3 is 2. The molecule has 0 fully saturated rings. The Morgan fingerprint density at radius 3 is 2.63 bits per heavy atom. The van der Waals surface area contributed by atoms with Crippen molar-refractivity contribution < 1.29 is 23.8 Å². The van der Waals surface area contributed by atoms with Gasteiger partial charge in [0.05, 0.1) is 26.5 Å². The number of aliphatic hydroxyl groups is 1. The van der Waals surface area contributed by atoms with Gasteiger partial charge in [-0.1, -0.05) is 0 Å². The number of benzene rings is 2. The normalized spacial score (nSPS) is 15.5. The van der Waals surface area contributed by atoms with E-state index in [1.165, 1.54) is 23.1 Å². The number of ether oxygens (including phenoxy) is 2. The minimum atomic E-state index is -1.19. The Morgan fingerprint density at radius 2 is 1.94 bits per heavy atom. The Hall–Kier alpha value is -3.69. The van der Waals surface area contributed by atoms with Crippen LogP contribution in [-0.4, -0.2) is 60.2 Å². The van der Waals surface area contributed by atoms with E-state index in [1.807, 2.05) is 7.05 Å². The average Bonchev–Trinajstić information content (AvgIpc) is 3.40. The summed E-state index contributed by atoms with van der Waals surface area (Å²) in [4.78, 5) is 14.4. The van der Waals surface area contributed by atoms with Crippen molar-refractivity contribution in [2.24, 2.45) is 0 Å². The predicted octanol–water partition coefficient (Wildman–Crippen LogP) is 3.13. The van der Waals surface area contributed by atoms with E-state index in [9.17, 15) is 14.3 Å². The van der Waals surface area contributed by atoms with E-state index in [2.05, 4.69) is 15.5 Å². The molecule has 4 rings (SSSR count). The number of aliphatic hydroxyl groups excluding tert-OH is 1. The number of rotatable bonds is 10. The highest BCUT2D eigenvalue weighted by Gasteiger charge is 2.35. The molecule has 3 N–H and O–H groups in total. The molecule has 2 aromatic carbocycles. The number of aryl methyl sites for hydroxylation is 1. The number of H-pyrrole nitrogens is 1. The lowest BCUT2D eigenvalue weighted by atomic mass is 9.96. The first-order chi connectivity index (χ1) is 17.0. The largest absolute Gasteiger partial charge is 0.497 e. The standard InChI is InChI=1S/C26H29FN4O4/c1-28-12-4-5-21-24(25(30-29-21)16-6-9-18(27)10-7-16)20-14-23(32)31(26(20)33)15-17-8-11-19(34-2)13-22(17)35-3/h6-11,13-14,26,28,33H,4-5,12,15H2,1-3H3,(H,29,30). The van der Waals surface area contributed by atoms with E-state index in [-0.39, 0.29) is 18.3 Å². The summed E-state index contributed by atoms with van der Waals surface area (Å²) in [6.07, 6.45) is 1.75. The lowest BCUT2D eigenvalue weighted by molar-refractivity contribution is -0.131. The van der Waals surface area contributed by atoms with Crippen molar-refractivity contribution >= 4 is 11.5 Å². The molecule has 0 aliphatic carbocycles. The van der Waals surface area contributed by atoms with Crippen molar-refractivity contribution in [3.05, 3.63) is 71.2 Å². The zero-order valence-electron chi connectivity index (χ0n) is 20.0. The molecule has 0 saturated carbocycles. The van der Waals surface area contributed by atoms with Crippen LogP contribution in [0.2, 0.25) is 0 Å². The van der Waals surface area contributed by atoms with Crippen LogP contribution in [0.4, 0.5) is 4.39 Å². The van der Waals surface area contributed by atoms with Gasteiger partial charge in [-0.3, -0.25) is 9.89 Å². The van der Waals surface area contributed by atoms with Gasteiger partial charge < -0.3 is 24.8 Å². The molecule has 0 spiro atoms. The molecule has 0 radical (unpaired) electrons. The number of halogens is 1. The number of carbonyl (C=O) groups excluding carboxylic acids is 1. The van der Waals surface area contributed by atoms with Crippen LogP contribution >= 0.6 is 0 Å². The molecule has 35 heavy (non-hydrogen) atoms. The second-order valence-electron chi connectivity index (χ2n) is 8.26. The van der Waals surface area contributed by atoms with E-state index < -0.39 is 6.23 Å². The van der Waals surface area contributed by atoms with E-state index in [0.717, 1.165) is 24.2 Å². The number of amides is 1. The highest BCUT2D eigenvalue weighted by molar-refractivity contribution is 6.03. The van der Waals surface area contributed by atoms with Crippen molar-refractivity contribution in [1.82, 2.24) is 20.4 Å². The van der Waals surface area contributed by atoms with Crippen LogP contribution in [-0.2, 0) is 17.8 Å². The first kappa shape index (κ1) is 24.4. The summed E-state index contributed by atoms with van der Waals surface area (Å²) in [7, 11) is 4.99. The molecule has 1 amide bonds. The van der Waals surface area contributed by atoms with Gasteiger partial charge in [0.1, 0.15) is 17.3 Å². The summed E-state index contributed by atoms with van der Waals surface area (Å²) >= 11 is 0. The van der Waals surface area contributed by atoms with E-state index >= 15 is 0 Å². The molecule has 1 aromatic heterocycles. The van der Waals surface area contributed by atoms with Crippen LogP contribution in [0.15, 0.2) is 48.5 Å². The minimum absolute atomic E-state index is 0.145. The summed E-state index contributed by atoms with van der Waals surface area (Å²) in [6, 6.07) is 11.3. The summed E-state index contributed by atoms with van der Waals surface area (Å²) in [5.41, 5.74) is 3.91. The predicted molar refractivity (Wildman–Crippen MR) is 130 cm³/mol. The Balaban J connectivity index is 1.68. The molecule has 0 saturated heterocycles. The first-order valence-electron chi connectivity index (χ1n) is 11.4. The van der Waals surface area contributed by atoms with Crippen molar-refractivity contribution in [1.29, 1.82) is 0 Å². The Morgan fingerprint density at radius 1 is 1.17 bits per heavy atom. The molecule has 2 heterocycles. The van der Waals surface area contributed by atoms with Crippen LogP contribution in [0.5, 0.6) is 11.5 Å². The molecule has 184 valence electrons. The maximum atomic E-state index is 13.5. The number of hydrogen-bond donors (Lipinski definition) is 3. The number of hydrogen-bond acceptors (Lipinski definition) is 6. The molecule has 0 bridgehead atoms. The summed E-state index contributed by atoms with van der Waals surface area (Å²) in [5.74, 6) is 0.514. The highest BCUT2D eigenvalue weighted by atomic mass is 19.1. The van der Waals surface area contributed by atoms with Gasteiger partial charge in [-0.15, -0.1) is 0 Å². The maximum Gasteiger partial charge on any atom is 0.249 e. The number of nitrogens with one attached hydrogen (secondary N) is 2.